The Morgan fingerprint density at radius 2 is 1.71 bits per heavy atom. The van der Waals surface area contributed by atoms with Crippen molar-refractivity contribution in [3.8, 4) is 0 Å². The average Bonchev–Trinajstić information content (AvgIpc) is 2.72. The van der Waals surface area contributed by atoms with Crippen LogP contribution < -0.4 is 4.78 Å². The van der Waals surface area contributed by atoms with Crippen LogP contribution in [0.1, 0.15) is 37.4 Å². The van der Waals surface area contributed by atoms with Gasteiger partial charge < -0.3 is 10.0 Å². The Morgan fingerprint density at radius 1 is 1.21 bits per heavy atom. The summed E-state index contributed by atoms with van der Waals surface area (Å²) >= 11 is 1.07. The molecule has 0 atom stereocenters. The fraction of sp³-hybridized carbons (Fsp3) is 0.444. The van der Waals surface area contributed by atoms with Gasteiger partial charge in [-0.3, -0.25) is 4.79 Å². The molecular formula is C9H17BO3S. The summed E-state index contributed by atoms with van der Waals surface area (Å²) in [6, 6.07) is 3.06. The molecule has 0 unspecified atom stereocenters. The van der Waals surface area contributed by atoms with Crippen LogP contribution in [0.5, 0.6) is 0 Å². The summed E-state index contributed by atoms with van der Waals surface area (Å²) in [4.78, 5) is 10.6. The topological polar surface area (TPSA) is 57.5 Å². The minimum Gasteiger partial charge on any atom is -0.423 e. The van der Waals surface area contributed by atoms with Crippen molar-refractivity contribution in [2.75, 3.05) is 0 Å². The highest BCUT2D eigenvalue weighted by Crippen LogP contribution is 2.02. The van der Waals surface area contributed by atoms with Crippen molar-refractivity contribution in [2.45, 2.75) is 27.7 Å². The molecule has 1 heterocycles. The second-order valence-corrected chi connectivity index (χ2v) is 2.88. The van der Waals surface area contributed by atoms with Crippen LogP contribution in [0.4, 0.5) is 0 Å². The Balaban J connectivity index is 0. The lowest BCUT2D eigenvalue weighted by Gasteiger charge is -1.87. The Hall–Kier alpha value is -0.645. The summed E-state index contributed by atoms with van der Waals surface area (Å²) in [6.45, 7) is 8.00. The highest BCUT2D eigenvalue weighted by Gasteiger charge is 2.12. The van der Waals surface area contributed by atoms with E-state index < -0.39 is 7.12 Å². The molecule has 0 aliphatic rings. The van der Waals surface area contributed by atoms with Crippen LogP contribution in [0.25, 0.3) is 0 Å². The van der Waals surface area contributed by atoms with Crippen LogP contribution >= 0.6 is 11.3 Å². The molecule has 3 nitrogen and oxygen atoms in total. The molecule has 14 heavy (non-hydrogen) atoms. The number of carbonyl (C=O) groups is 1. The molecule has 80 valence electrons. The minimum atomic E-state index is -1.46. The number of hydrogen-bond acceptors (Lipinski definition) is 4. The van der Waals surface area contributed by atoms with E-state index in [4.69, 9.17) is 10.0 Å². The Bertz CT molecular complexity index is 236. The van der Waals surface area contributed by atoms with Gasteiger partial charge in [0.25, 0.3) is 0 Å². The normalized spacial score (nSPS) is 7.57. The lowest BCUT2D eigenvalue weighted by molar-refractivity contribution is 0.112. The van der Waals surface area contributed by atoms with Gasteiger partial charge in [-0.25, -0.2) is 0 Å². The van der Waals surface area contributed by atoms with Crippen molar-refractivity contribution >= 4 is 29.5 Å². The van der Waals surface area contributed by atoms with Gasteiger partial charge in [-0.1, -0.05) is 33.8 Å². The first-order valence-corrected chi connectivity index (χ1v) is 5.46. The monoisotopic (exact) mass is 216 g/mol. The Labute approximate surface area is 89.6 Å². The van der Waals surface area contributed by atoms with Gasteiger partial charge in [0.15, 0.2) is 6.29 Å². The average molecular weight is 216 g/mol. The third-order valence-electron chi connectivity index (χ3n) is 1.02. The summed E-state index contributed by atoms with van der Waals surface area (Å²) < 4.78 is 0.391. The molecule has 0 saturated heterocycles. The number of hydrogen-bond donors (Lipinski definition) is 2. The van der Waals surface area contributed by atoms with Crippen LogP contribution in [0.15, 0.2) is 12.1 Å². The zero-order valence-corrected chi connectivity index (χ0v) is 9.84. The van der Waals surface area contributed by atoms with Gasteiger partial charge in [0.1, 0.15) is 0 Å². The predicted octanol–water partition coefficient (Wildman–Crippen LogP) is 1.29. The van der Waals surface area contributed by atoms with E-state index in [1.807, 2.05) is 27.7 Å². The predicted molar refractivity (Wildman–Crippen MR) is 62.2 cm³/mol. The SMILES string of the molecule is CC.CC.O=Cc1ccc(B(O)O)s1. The van der Waals surface area contributed by atoms with Crippen molar-refractivity contribution in [3.05, 3.63) is 17.0 Å². The van der Waals surface area contributed by atoms with Gasteiger partial charge >= 0.3 is 7.12 Å². The number of rotatable bonds is 2. The smallest absolute Gasteiger partial charge is 0.423 e. The number of carbonyl (C=O) groups excluding carboxylic acids is 1. The molecule has 5 heteroatoms. The van der Waals surface area contributed by atoms with Crippen LogP contribution in [-0.2, 0) is 0 Å². The van der Waals surface area contributed by atoms with Crippen molar-refractivity contribution in [1.82, 2.24) is 0 Å². The molecule has 2 N–H and O–H groups in total. The second kappa shape index (κ2) is 10.4. The summed E-state index contributed by atoms with van der Waals surface area (Å²) in [5, 5.41) is 17.2. The number of aldehydes is 1. The third kappa shape index (κ3) is 5.91. The summed E-state index contributed by atoms with van der Waals surface area (Å²) in [5.74, 6) is 0. The molecule has 0 fully saturated rings. The van der Waals surface area contributed by atoms with Crippen molar-refractivity contribution in [1.29, 1.82) is 0 Å². The summed E-state index contributed by atoms with van der Waals surface area (Å²) in [6.07, 6.45) is 0.677. The van der Waals surface area contributed by atoms with E-state index in [2.05, 4.69) is 0 Å². The maximum Gasteiger partial charge on any atom is 0.499 e. The van der Waals surface area contributed by atoms with Gasteiger partial charge in [0.05, 0.1) is 4.88 Å². The lowest BCUT2D eigenvalue weighted by Crippen LogP contribution is -2.26. The fourth-order valence-corrected chi connectivity index (χ4v) is 1.27. The Morgan fingerprint density at radius 3 is 1.93 bits per heavy atom. The fourth-order valence-electron chi connectivity index (χ4n) is 0.571. The van der Waals surface area contributed by atoms with Crippen molar-refractivity contribution in [2.24, 2.45) is 0 Å². The van der Waals surface area contributed by atoms with E-state index in [9.17, 15) is 4.79 Å². The molecule has 0 bridgehead atoms. The van der Waals surface area contributed by atoms with Crippen molar-refractivity contribution < 1.29 is 14.8 Å². The number of thiophene rings is 1. The summed E-state index contributed by atoms with van der Waals surface area (Å²) in [7, 11) is -1.46. The van der Waals surface area contributed by atoms with Crippen LogP contribution in [-0.4, -0.2) is 23.5 Å². The van der Waals surface area contributed by atoms with Gasteiger partial charge in [-0.15, -0.1) is 11.3 Å². The first kappa shape index (κ1) is 15.8. The van der Waals surface area contributed by atoms with E-state index in [1.165, 1.54) is 6.07 Å². The van der Waals surface area contributed by atoms with E-state index >= 15 is 0 Å². The van der Waals surface area contributed by atoms with Crippen LogP contribution in [0.2, 0.25) is 0 Å². The molecule has 0 spiro atoms. The van der Waals surface area contributed by atoms with Crippen LogP contribution in [0, 0.1) is 0 Å². The third-order valence-corrected chi connectivity index (χ3v) is 2.07. The van der Waals surface area contributed by atoms with Crippen molar-refractivity contribution in [3.63, 3.8) is 0 Å². The standard InChI is InChI=1S/C5H5BO3S.2C2H6/c7-3-4-1-2-5(10-4)6(8)9;2*1-2/h1-3,8-9H;2*1-2H3. The van der Waals surface area contributed by atoms with E-state index in [-0.39, 0.29) is 0 Å². The molecule has 1 aromatic heterocycles. The lowest BCUT2D eigenvalue weighted by atomic mass is 9.90. The summed E-state index contributed by atoms with van der Waals surface area (Å²) in [5.41, 5.74) is 0. The highest BCUT2D eigenvalue weighted by molar-refractivity contribution is 7.23. The molecular weight excluding hydrogens is 199 g/mol. The Kier molecular flexibility index (Phi) is 11.8. The van der Waals surface area contributed by atoms with Gasteiger partial charge in [-0.05, 0) is 6.07 Å². The highest BCUT2D eigenvalue weighted by atomic mass is 32.1. The first-order chi connectivity index (χ1) is 6.74. The molecule has 0 aromatic carbocycles. The van der Waals surface area contributed by atoms with Gasteiger partial charge in [0, 0.05) is 4.78 Å². The molecule has 0 aliphatic carbocycles. The quantitative estimate of drug-likeness (QED) is 0.578. The second-order valence-electron chi connectivity index (χ2n) is 1.73. The molecule has 0 radical (unpaired) electrons. The molecule has 0 saturated carbocycles. The zero-order chi connectivity index (χ0) is 11.6. The maximum atomic E-state index is 10.1. The minimum absolute atomic E-state index is 0.391. The van der Waals surface area contributed by atoms with E-state index in [0.717, 1.165) is 11.3 Å². The van der Waals surface area contributed by atoms with E-state index in [0.29, 0.717) is 15.9 Å². The van der Waals surface area contributed by atoms with Crippen LogP contribution in [0.3, 0.4) is 0 Å². The van der Waals surface area contributed by atoms with Gasteiger partial charge in [0.2, 0.25) is 0 Å². The molecule has 0 aliphatic heterocycles. The molecule has 1 rings (SSSR count). The van der Waals surface area contributed by atoms with E-state index in [1.54, 1.807) is 6.07 Å². The first-order valence-electron chi connectivity index (χ1n) is 4.65. The zero-order valence-electron chi connectivity index (χ0n) is 9.02. The van der Waals surface area contributed by atoms with Gasteiger partial charge in [-0.2, -0.15) is 0 Å². The molecule has 0 amide bonds. The maximum absolute atomic E-state index is 10.1. The molecule has 1 aromatic rings. The largest absolute Gasteiger partial charge is 0.499 e.